The van der Waals surface area contributed by atoms with E-state index in [2.05, 4.69) is 0 Å². The van der Waals surface area contributed by atoms with Crippen LogP contribution in [0.5, 0.6) is 5.75 Å². The fourth-order valence-corrected chi connectivity index (χ4v) is 4.63. The zero-order valence-electron chi connectivity index (χ0n) is 20.8. The van der Waals surface area contributed by atoms with Crippen molar-refractivity contribution in [3.05, 3.63) is 57.0 Å². The average Bonchev–Trinajstić information content (AvgIpc) is 3.33. The molecule has 0 aliphatic carbocycles. The van der Waals surface area contributed by atoms with Crippen LogP contribution in [0.25, 0.3) is 0 Å². The Labute approximate surface area is 203 Å². The number of carbonyl (C=O) groups is 2. The number of nitro groups is 1. The number of amides is 2. The summed E-state index contributed by atoms with van der Waals surface area (Å²) in [5, 5.41) is 11.2. The van der Waals surface area contributed by atoms with E-state index in [1.54, 1.807) is 11.8 Å². The van der Waals surface area contributed by atoms with Crippen molar-refractivity contribution in [1.82, 2.24) is 9.80 Å². The minimum atomic E-state index is -0.691. The normalized spacial score (nSPS) is 17.6. The monoisotopic (exact) mass is 485 g/mol. The van der Waals surface area contributed by atoms with E-state index in [0.29, 0.717) is 55.1 Å². The van der Waals surface area contributed by atoms with E-state index in [0.717, 1.165) is 5.76 Å². The highest BCUT2D eigenvalue weighted by atomic mass is 16.6. The summed E-state index contributed by atoms with van der Waals surface area (Å²) in [4.78, 5) is 39.9. The van der Waals surface area contributed by atoms with Gasteiger partial charge in [-0.25, -0.2) is 4.79 Å². The number of methoxy groups -OCH3 is 1. The van der Waals surface area contributed by atoms with Gasteiger partial charge in [0.05, 0.1) is 30.7 Å². The molecule has 2 fully saturated rings. The van der Waals surface area contributed by atoms with E-state index in [4.69, 9.17) is 13.9 Å². The van der Waals surface area contributed by atoms with Crippen LogP contribution in [0.2, 0.25) is 0 Å². The first-order chi connectivity index (χ1) is 16.4. The Bertz CT molecular complexity index is 1160. The number of non-ortho nitro benzene ring substituents is 1. The number of likely N-dealkylation sites (tertiary alicyclic amines) is 1. The molecule has 2 saturated heterocycles. The molecule has 2 aliphatic heterocycles. The van der Waals surface area contributed by atoms with Crippen LogP contribution in [0.3, 0.4) is 0 Å². The van der Waals surface area contributed by atoms with Crippen LogP contribution < -0.4 is 4.74 Å². The zero-order chi connectivity index (χ0) is 25.5. The first kappa shape index (κ1) is 24.6. The molecule has 0 radical (unpaired) electrons. The summed E-state index contributed by atoms with van der Waals surface area (Å²) in [7, 11) is 1.48. The summed E-state index contributed by atoms with van der Waals surface area (Å²) in [5.74, 6) is 1.75. The number of hydrogen-bond donors (Lipinski definition) is 0. The number of benzene rings is 1. The molecule has 188 valence electrons. The number of aryl methyl sites for hydroxylation is 1. The Morgan fingerprint density at radius 2 is 1.91 bits per heavy atom. The Kier molecular flexibility index (Phi) is 6.25. The van der Waals surface area contributed by atoms with Gasteiger partial charge in [-0.1, -0.05) is 20.8 Å². The molecular formula is C25H31N3O7. The van der Waals surface area contributed by atoms with Crippen LogP contribution in [0, 0.1) is 17.0 Å². The molecule has 10 heteroatoms. The van der Waals surface area contributed by atoms with Gasteiger partial charge < -0.3 is 18.8 Å². The minimum Gasteiger partial charge on any atom is -0.496 e. The van der Waals surface area contributed by atoms with E-state index in [9.17, 15) is 19.7 Å². The van der Waals surface area contributed by atoms with Gasteiger partial charge in [0.15, 0.2) is 0 Å². The maximum atomic E-state index is 13.2. The summed E-state index contributed by atoms with van der Waals surface area (Å²) in [5.41, 5.74) is 0.142. The second kappa shape index (κ2) is 8.90. The minimum absolute atomic E-state index is 0.0703. The third kappa shape index (κ3) is 4.82. The maximum Gasteiger partial charge on any atom is 0.410 e. The quantitative estimate of drug-likeness (QED) is 0.454. The highest BCUT2D eigenvalue weighted by Gasteiger charge is 2.48. The fraction of sp³-hybridized carbons (Fsp3) is 0.520. The molecule has 0 unspecified atom stereocenters. The average molecular weight is 486 g/mol. The van der Waals surface area contributed by atoms with E-state index in [-0.39, 0.29) is 23.6 Å². The number of piperidine rings is 1. The molecule has 1 aromatic heterocycles. The Hall–Kier alpha value is -3.56. The first-order valence-electron chi connectivity index (χ1n) is 11.6. The number of ether oxygens (including phenoxy) is 2. The van der Waals surface area contributed by atoms with Crippen molar-refractivity contribution in [3.8, 4) is 5.75 Å². The van der Waals surface area contributed by atoms with Crippen LogP contribution in [0.15, 0.2) is 28.7 Å². The Balaban J connectivity index is 1.43. The van der Waals surface area contributed by atoms with Crippen LogP contribution in [-0.2, 0) is 16.7 Å². The van der Waals surface area contributed by atoms with Gasteiger partial charge in [-0.3, -0.25) is 19.8 Å². The molecule has 0 bridgehead atoms. The summed E-state index contributed by atoms with van der Waals surface area (Å²) in [6, 6.07) is 6.13. The number of nitro benzene ring substituents is 1. The lowest BCUT2D eigenvalue weighted by atomic mass is 9.90. The maximum absolute atomic E-state index is 13.2. The largest absolute Gasteiger partial charge is 0.496 e. The molecule has 2 amide bonds. The molecule has 2 aliphatic rings. The SMILES string of the molecule is COc1ccc([N+](=O)[O-])cc1CN1CC2(CCN(C(=O)c3cc(C(C)(C)C)oc3C)CC2)OC1=O. The smallest absolute Gasteiger partial charge is 0.410 e. The van der Waals surface area contributed by atoms with Gasteiger partial charge in [0, 0.05) is 49.0 Å². The number of carbonyl (C=O) groups excluding carboxylic acids is 2. The molecule has 2 aromatic rings. The van der Waals surface area contributed by atoms with Gasteiger partial charge in [-0.2, -0.15) is 0 Å². The van der Waals surface area contributed by atoms with Crippen molar-refractivity contribution in [2.75, 3.05) is 26.7 Å². The molecule has 1 aromatic carbocycles. The third-order valence-corrected chi connectivity index (χ3v) is 6.73. The lowest BCUT2D eigenvalue weighted by Crippen LogP contribution is -2.48. The molecule has 0 saturated carbocycles. The van der Waals surface area contributed by atoms with Gasteiger partial charge in [0.25, 0.3) is 11.6 Å². The fourth-order valence-electron chi connectivity index (χ4n) is 4.63. The molecule has 0 N–H and O–H groups in total. The predicted octanol–water partition coefficient (Wildman–Crippen LogP) is 4.43. The molecular weight excluding hydrogens is 454 g/mol. The Morgan fingerprint density at radius 1 is 1.23 bits per heavy atom. The topological polar surface area (TPSA) is 115 Å². The summed E-state index contributed by atoms with van der Waals surface area (Å²) in [6.07, 6.45) is 0.547. The van der Waals surface area contributed by atoms with Crippen molar-refractivity contribution in [2.24, 2.45) is 0 Å². The van der Waals surface area contributed by atoms with E-state index >= 15 is 0 Å². The predicted molar refractivity (Wildman–Crippen MR) is 127 cm³/mol. The van der Waals surface area contributed by atoms with Crippen molar-refractivity contribution in [1.29, 1.82) is 0 Å². The molecule has 4 rings (SSSR count). The molecule has 0 atom stereocenters. The molecule has 35 heavy (non-hydrogen) atoms. The van der Waals surface area contributed by atoms with Crippen molar-refractivity contribution in [2.45, 2.75) is 58.1 Å². The highest BCUT2D eigenvalue weighted by Crippen LogP contribution is 2.36. The van der Waals surface area contributed by atoms with E-state index in [1.807, 2.05) is 26.8 Å². The van der Waals surface area contributed by atoms with E-state index < -0.39 is 16.6 Å². The van der Waals surface area contributed by atoms with Crippen molar-refractivity contribution < 1.29 is 28.4 Å². The van der Waals surface area contributed by atoms with Gasteiger partial charge in [0.1, 0.15) is 22.9 Å². The van der Waals surface area contributed by atoms with Gasteiger partial charge in [0.2, 0.25) is 0 Å². The second-order valence-electron chi connectivity index (χ2n) is 10.3. The standard InChI is InChI=1S/C25H31N3O7/c1-16-19(13-21(34-16)24(2,3)4)22(29)26-10-8-25(9-11-26)15-27(23(30)35-25)14-17-12-18(28(31)32)6-7-20(17)33-5/h6-7,12-13H,8-11,14-15H2,1-5H3. The van der Waals surface area contributed by atoms with E-state index in [1.165, 1.54) is 30.2 Å². The molecule has 3 heterocycles. The molecule has 10 nitrogen and oxygen atoms in total. The van der Waals surface area contributed by atoms with Crippen LogP contribution in [-0.4, -0.2) is 59.1 Å². The zero-order valence-corrected chi connectivity index (χ0v) is 20.8. The summed E-state index contributed by atoms with van der Waals surface area (Å²) < 4.78 is 16.9. The van der Waals surface area contributed by atoms with Gasteiger partial charge >= 0.3 is 6.09 Å². The van der Waals surface area contributed by atoms with Crippen LogP contribution in [0.4, 0.5) is 10.5 Å². The van der Waals surface area contributed by atoms with Crippen LogP contribution >= 0.6 is 0 Å². The summed E-state index contributed by atoms with van der Waals surface area (Å²) >= 11 is 0. The van der Waals surface area contributed by atoms with Crippen molar-refractivity contribution in [3.63, 3.8) is 0 Å². The third-order valence-electron chi connectivity index (χ3n) is 6.73. The van der Waals surface area contributed by atoms with Gasteiger partial charge in [-0.15, -0.1) is 0 Å². The lowest BCUT2D eigenvalue weighted by Gasteiger charge is -2.37. The number of hydrogen-bond acceptors (Lipinski definition) is 7. The Morgan fingerprint density at radius 3 is 2.49 bits per heavy atom. The van der Waals surface area contributed by atoms with Gasteiger partial charge in [-0.05, 0) is 19.1 Å². The number of nitrogens with zero attached hydrogens (tertiary/aromatic N) is 3. The number of rotatable bonds is 5. The highest BCUT2D eigenvalue weighted by molar-refractivity contribution is 5.95. The first-order valence-corrected chi connectivity index (χ1v) is 11.6. The summed E-state index contributed by atoms with van der Waals surface area (Å²) in [6.45, 7) is 9.29. The number of furan rings is 1. The van der Waals surface area contributed by atoms with Crippen LogP contribution in [0.1, 0.15) is 61.1 Å². The second-order valence-corrected chi connectivity index (χ2v) is 10.3. The lowest BCUT2D eigenvalue weighted by molar-refractivity contribution is -0.384. The molecule has 1 spiro atoms. The van der Waals surface area contributed by atoms with Crippen molar-refractivity contribution >= 4 is 17.7 Å².